The van der Waals surface area contributed by atoms with Gasteiger partial charge in [-0.25, -0.2) is 0 Å². The van der Waals surface area contributed by atoms with Crippen molar-refractivity contribution in [3.63, 3.8) is 0 Å². The van der Waals surface area contributed by atoms with E-state index in [1.54, 1.807) is 0 Å². The quantitative estimate of drug-likeness (QED) is 0.0828. The number of aromatic nitrogens is 3. The summed E-state index contributed by atoms with van der Waals surface area (Å²) in [5.41, 5.74) is 4.53. The zero-order chi connectivity index (χ0) is 31.2. The van der Waals surface area contributed by atoms with Gasteiger partial charge in [0.05, 0.1) is 0 Å². The van der Waals surface area contributed by atoms with Gasteiger partial charge >= 0.3 is 0 Å². The molecule has 0 unspecified atom stereocenters. The van der Waals surface area contributed by atoms with E-state index in [4.69, 9.17) is 0 Å². The van der Waals surface area contributed by atoms with Crippen molar-refractivity contribution in [3.8, 4) is 0 Å². The summed E-state index contributed by atoms with van der Waals surface area (Å²) in [5, 5.41) is 9.38. The summed E-state index contributed by atoms with van der Waals surface area (Å²) >= 11 is 0. The standard InChI is InChI=1S/C38H43N5O2/c1-3-4-5-6-7-14-21-39-36(44)35(22-26-23-40-32-18-11-8-15-27(26)32)43-37(45)38(2,30-24-41-33-19-12-9-16-28(30)33)31-25-42-34-20-13-10-17-29(31)34/h8-13,15-20,23-25,35,40-42H,3-7,14,21-22H2,1-2H3,(H,39,44)(H,43,45)/t35-/m0/s1. The number of H-pyrrole nitrogens is 3. The molecule has 45 heavy (non-hydrogen) atoms. The summed E-state index contributed by atoms with van der Waals surface area (Å²) in [6.45, 7) is 4.77. The number of carbonyl (C=O) groups excluding carboxylic acids is 2. The molecule has 0 aliphatic heterocycles. The lowest BCUT2D eigenvalue weighted by Gasteiger charge is -2.31. The summed E-state index contributed by atoms with van der Waals surface area (Å²) in [4.78, 5) is 38.7. The van der Waals surface area contributed by atoms with Gasteiger partial charge < -0.3 is 25.6 Å². The number of benzene rings is 3. The number of nitrogens with one attached hydrogen (secondary N) is 5. The molecule has 0 saturated heterocycles. The van der Waals surface area contributed by atoms with E-state index in [1.807, 2.05) is 92.2 Å². The molecule has 3 aromatic carbocycles. The van der Waals surface area contributed by atoms with Crippen molar-refractivity contribution >= 4 is 44.5 Å². The van der Waals surface area contributed by atoms with Gasteiger partial charge in [-0.15, -0.1) is 0 Å². The van der Waals surface area contributed by atoms with Crippen molar-refractivity contribution in [2.24, 2.45) is 0 Å². The Morgan fingerprint density at radius 1 is 0.689 bits per heavy atom. The first kappa shape index (κ1) is 30.3. The van der Waals surface area contributed by atoms with Crippen LogP contribution >= 0.6 is 0 Å². The lowest BCUT2D eigenvalue weighted by molar-refractivity contribution is -0.131. The molecule has 3 aromatic heterocycles. The minimum absolute atomic E-state index is 0.164. The van der Waals surface area contributed by atoms with Crippen LogP contribution in [0.15, 0.2) is 91.4 Å². The van der Waals surface area contributed by atoms with E-state index in [2.05, 4.69) is 38.6 Å². The molecule has 6 aromatic rings. The summed E-state index contributed by atoms with van der Waals surface area (Å²) in [5.74, 6) is -0.390. The van der Waals surface area contributed by atoms with Crippen LogP contribution in [0.2, 0.25) is 0 Å². The van der Waals surface area contributed by atoms with Crippen LogP contribution in [0.1, 0.15) is 69.1 Å². The Labute approximate surface area is 264 Å². The van der Waals surface area contributed by atoms with E-state index in [1.165, 1.54) is 25.7 Å². The molecule has 5 N–H and O–H groups in total. The van der Waals surface area contributed by atoms with Crippen LogP contribution in [0.5, 0.6) is 0 Å². The number of para-hydroxylation sites is 3. The largest absolute Gasteiger partial charge is 0.361 e. The molecule has 0 spiro atoms. The van der Waals surface area contributed by atoms with E-state index in [9.17, 15) is 9.59 Å². The van der Waals surface area contributed by atoms with Crippen LogP contribution in [0.4, 0.5) is 0 Å². The Balaban J connectivity index is 1.33. The Hall–Kier alpha value is -4.78. The van der Waals surface area contributed by atoms with E-state index in [0.29, 0.717) is 13.0 Å². The third-order valence-electron chi connectivity index (χ3n) is 9.26. The van der Waals surface area contributed by atoms with Crippen LogP contribution in [0, 0.1) is 0 Å². The number of aromatic amines is 3. The summed E-state index contributed by atoms with van der Waals surface area (Å²) in [7, 11) is 0. The average molecular weight is 602 g/mol. The maximum atomic E-state index is 14.8. The summed E-state index contributed by atoms with van der Waals surface area (Å²) in [6, 6.07) is 23.4. The fourth-order valence-electron chi connectivity index (χ4n) is 6.63. The van der Waals surface area contributed by atoms with Crippen molar-refractivity contribution in [1.29, 1.82) is 0 Å². The minimum Gasteiger partial charge on any atom is -0.361 e. The first-order valence-corrected chi connectivity index (χ1v) is 16.3. The molecule has 232 valence electrons. The van der Waals surface area contributed by atoms with Crippen molar-refractivity contribution in [1.82, 2.24) is 25.6 Å². The first-order chi connectivity index (χ1) is 22.0. The normalized spacial score (nSPS) is 12.6. The van der Waals surface area contributed by atoms with Gasteiger partial charge in [-0.1, -0.05) is 93.6 Å². The third-order valence-corrected chi connectivity index (χ3v) is 9.26. The summed E-state index contributed by atoms with van der Waals surface area (Å²) < 4.78 is 0. The molecular weight excluding hydrogens is 558 g/mol. The number of hydrogen-bond acceptors (Lipinski definition) is 2. The number of fused-ring (bicyclic) bond motifs is 3. The van der Waals surface area contributed by atoms with Crippen LogP contribution in [0.3, 0.4) is 0 Å². The molecule has 6 rings (SSSR count). The highest BCUT2D eigenvalue weighted by molar-refractivity contribution is 6.03. The molecule has 0 saturated carbocycles. The molecule has 0 radical (unpaired) electrons. The van der Waals surface area contributed by atoms with Gasteiger partial charge in [-0.05, 0) is 48.2 Å². The maximum absolute atomic E-state index is 14.8. The number of hydrogen-bond donors (Lipinski definition) is 5. The highest BCUT2D eigenvalue weighted by atomic mass is 16.2. The molecule has 0 fully saturated rings. The molecule has 3 heterocycles. The highest BCUT2D eigenvalue weighted by Gasteiger charge is 2.42. The Morgan fingerprint density at radius 2 is 1.20 bits per heavy atom. The van der Waals surface area contributed by atoms with Gasteiger partial charge in [0.2, 0.25) is 11.8 Å². The van der Waals surface area contributed by atoms with Gasteiger partial charge in [0, 0.05) is 64.3 Å². The number of amides is 2. The Kier molecular flexibility index (Phi) is 9.06. The molecule has 0 aliphatic carbocycles. The Bertz CT molecular complexity index is 1840. The average Bonchev–Trinajstić information content (AvgIpc) is 3.81. The van der Waals surface area contributed by atoms with Crippen LogP contribution in [-0.4, -0.2) is 39.4 Å². The second-order valence-electron chi connectivity index (χ2n) is 12.3. The number of rotatable bonds is 14. The molecule has 7 nitrogen and oxygen atoms in total. The van der Waals surface area contributed by atoms with E-state index in [-0.39, 0.29) is 11.8 Å². The van der Waals surface area contributed by atoms with Crippen molar-refractivity contribution < 1.29 is 9.59 Å². The molecule has 0 bridgehead atoms. The monoisotopic (exact) mass is 601 g/mol. The first-order valence-electron chi connectivity index (χ1n) is 16.3. The van der Waals surface area contributed by atoms with Gasteiger partial charge in [0.15, 0.2) is 0 Å². The predicted octanol–water partition coefficient (Wildman–Crippen LogP) is 7.64. The predicted molar refractivity (Wildman–Crippen MR) is 183 cm³/mol. The Morgan fingerprint density at radius 3 is 1.82 bits per heavy atom. The molecule has 2 amide bonds. The van der Waals surface area contributed by atoms with Crippen molar-refractivity contribution in [2.75, 3.05) is 6.54 Å². The molecule has 0 aliphatic rings. The fraction of sp³-hybridized carbons (Fsp3) is 0.316. The van der Waals surface area contributed by atoms with E-state index in [0.717, 1.165) is 62.2 Å². The van der Waals surface area contributed by atoms with Crippen molar-refractivity contribution in [2.45, 2.75) is 70.3 Å². The van der Waals surface area contributed by atoms with E-state index >= 15 is 0 Å². The lowest BCUT2D eigenvalue weighted by atomic mass is 9.75. The topological polar surface area (TPSA) is 106 Å². The SMILES string of the molecule is CCCCCCCCNC(=O)[C@H](Cc1c[nH]c2ccccc12)NC(=O)C(C)(c1c[nH]c2ccccc12)c1c[nH]c2ccccc12. The summed E-state index contributed by atoms with van der Waals surface area (Å²) in [6.07, 6.45) is 13.0. The minimum atomic E-state index is -1.10. The molecule has 7 heteroatoms. The smallest absolute Gasteiger partial charge is 0.242 e. The zero-order valence-electron chi connectivity index (χ0n) is 26.2. The number of carbonyl (C=O) groups is 2. The second kappa shape index (κ2) is 13.5. The maximum Gasteiger partial charge on any atom is 0.242 e. The van der Waals surface area contributed by atoms with Gasteiger partial charge in [0.1, 0.15) is 11.5 Å². The highest BCUT2D eigenvalue weighted by Crippen LogP contribution is 2.40. The van der Waals surface area contributed by atoms with Gasteiger partial charge in [-0.2, -0.15) is 0 Å². The van der Waals surface area contributed by atoms with Gasteiger partial charge in [0.25, 0.3) is 0 Å². The van der Waals surface area contributed by atoms with Crippen LogP contribution < -0.4 is 10.6 Å². The zero-order valence-corrected chi connectivity index (χ0v) is 26.2. The van der Waals surface area contributed by atoms with Crippen LogP contribution in [-0.2, 0) is 21.4 Å². The van der Waals surface area contributed by atoms with Crippen molar-refractivity contribution in [3.05, 3.63) is 108 Å². The number of unbranched alkanes of at least 4 members (excludes halogenated alkanes) is 5. The van der Waals surface area contributed by atoms with E-state index < -0.39 is 11.5 Å². The molecular formula is C38H43N5O2. The lowest BCUT2D eigenvalue weighted by Crippen LogP contribution is -2.53. The molecule has 1 atom stereocenters. The second-order valence-corrected chi connectivity index (χ2v) is 12.3. The third kappa shape index (κ3) is 6.12. The fourth-order valence-corrected chi connectivity index (χ4v) is 6.63. The van der Waals surface area contributed by atoms with Crippen LogP contribution in [0.25, 0.3) is 32.7 Å². The van der Waals surface area contributed by atoms with Gasteiger partial charge in [-0.3, -0.25) is 9.59 Å².